The Kier molecular flexibility index (Phi) is 6.31. The molecule has 2 aromatic carbocycles. The predicted octanol–water partition coefficient (Wildman–Crippen LogP) is 4.97. The second-order valence-corrected chi connectivity index (χ2v) is 9.07. The molecule has 0 aliphatic carbocycles. The van der Waals surface area contributed by atoms with E-state index in [0.717, 1.165) is 42.8 Å². The van der Waals surface area contributed by atoms with E-state index in [1.54, 1.807) is 10.8 Å². The maximum absolute atomic E-state index is 12.9. The topological polar surface area (TPSA) is 88.2 Å². The van der Waals surface area contributed by atoms with Crippen LogP contribution in [-0.4, -0.2) is 33.2 Å². The fraction of sp³-hybridized carbons (Fsp3) is 0.296. The first-order valence-corrected chi connectivity index (χ1v) is 11.8. The molecule has 5 rings (SSSR count). The van der Waals surface area contributed by atoms with Crippen LogP contribution in [0.1, 0.15) is 23.7 Å². The summed E-state index contributed by atoms with van der Waals surface area (Å²) >= 11 is 0. The van der Waals surface area contributed by atoms with Gasteiger partial charge in [-0.1, -0.05) is 48.4 Å². The molecule has 1 unspecified atom stereocenters. The molecule has 0 saturated carbocycles. The van der Waals surface area contributed by atoms with Crippen LogP contribution in [0.25, 0.3) is 27.0 Å². The van der Waals surface area contributed by atoms with Crippen molar-refractivity contribution in [1.29, 1.82) is 0 Å². The molecule has 0 amide bonds. The third-order valence-corrected chi connectivity index (χ3v) is 6.66. The number of ether oxygens (including phenoxy) is 1. The van der Waals surface area contributed by atoms with Gasteiger partial charge in [0.1, 0.15) is 12.4 Å². The summed E-state index contributed by atoms with van der Waals surface area (Å²) < 4.78 is 9.70. The lowest BCUT2D eigenvalue weighted by atomic mass is 10.0. The summed E-state index contributed by atoms with van der Waals surface area (Å²) in [6, 6.07) is 19.4. The van der Waals surface area contributed by atoms with Crippen molar-refractivity contribution in [1.82, 2.24) is 14.0 Å². The molecule has 178 valence electrons. The highest BCUT2D eigenvalue weighted by Crippen LogP contribution is 2.31. The van der Waals surface area contributed by atoms with Gasteiger partial charge in [-0.15, -0.1) is 0 Å². The van der Waals surface area contributed by atoms with Crippen LogP contribution >= 0.6 is 0 Å². The molecule has 1 atom stereocenters. The quantitative estimate of drug-likeness (QED) is 0.218. The molecule has 35 heavy (non-hydrogen) atoms. The van der Waals surface area contributed by atoms with E-state index in [4.69, 9.17) is 10.3 Å². The molecule has 0 saturated heterocycles. The number of aryl methyl sites for hydroxylation is 1. The smallest absolute Gasteiger partial charge is 0.258 e. The minimum absolute atomic E-state index is 0.0605. The lowest BCUT2D eigenvalue weighted by Crippen LogP contribution is -2.35. The second kappa shape index (κ2) is 9.70. The number of hydrogen-bond donors (Lipinski definition) is 0. The van der Waals surface area contributed by atoms with Gasteiger partial charge in [0.15, 0.2) is 0 Å². The van der Waals surface area contributed by atoms with E-state index in [1.807, 2.05) is 49.4 Å². The number of benzene rings is 2. The van der Waals surface area contributed by atoms with Gasteiger partial charge in [-0.25, -0.2) is 0 Å². The number of nitrogens with zero attached hydrogens (tertiary/aromatic N) is 6. The van der Waals surface area contributed by atoms with Crippen LogP contribution in [0.3, 0.4) is 0 Å². The van der Waals surface area contributed by atoms with Gasteiger partial charge >= 0.3 is 0 Å². The molecule has 0 fully saturated rings. The van der Waals surface area contributed by atoms with Crippen LogP contribution in [-0.2, 0) is 26.6 Å². The first-order valence-electron chi connectivity index (χ1n) is 11.8. The van der Waals surface area contributed by atoms with Gasteiger partial charge in [0.05, 0.1) is 11.2 Å². The lowest BCUT2D eigenvalue weighted by molar-refractivity contribution is 0.241. The summed E-state index contributed by atoms with van der Waals surface area (Å²) in [6.45, 7) is 4.86. The van der Waals surface area contributed by atoms with Gasteiger partial charge in [-0.2, -0.15) is 0 Å². The molecule has 0 radical (unpaired) electrons. The van der Waals surface area contributed by atoms with Crippen molar-refractivity contribution in [2.75, 3.05) is 13.1 Å². The molecule has 0 N–H and O–H groups in total. The zero-order valence-electron chi connectivity index (χ0n) is 20.0. The van der Waals surface area contributed by atoms with Crippen LogP contribution in [0.2, 0.25) is 0 Å². The van der Waals surface area contributed by atoms with Crippen LogP contribution in [0.15, 0.2) is 76.8 Å². The molecular weight excluding hydrogens is 440 g/mol. The number of aromatic nitrogens is 2. The Bertz CT molecular complexity index is 1470. The van der Waals surface area contributed by atoms with Crippen molar-refractivity contribution >= 4 is 10.9 Å². The molecule has 0 bridgehead atoms. The van der Waals surface area contributed by atoms with E-state index in [0.29, 0.717) is 12.4 Å². The van der Waals surface area contributed by atoms with E-state index < -0.39 is 0 Å². The van der Waals surface area contributed by atoms with Crippen molar-refractivity contribution in [3.63, 3.8) is 0 Å². The monoisotopic (exact) mass is 468 g/mol. The number of hydrogen-bond acceptors (Lipinski definition) is 4. The van der Waals surface area contributed by atoms with E-state index in [2.05, 4.69) is 38.7 Å². The van der Waals surface area contributed by atoms with Crippen molar-refractivity contribution < 1.29 is 4.74 Å². The molecule has 3 heterocycles. The summed E-state index contributed by atoms with van der Waals surface area (Å²) in [5.74, 6) is 0.556. The Balaban J connectivity index is 1.39. The maximum Gasteiger partial charge on any atom is 0.258 e. The summed E-state index contributed by atoms with van der Waals surface area (Å²) in [7, 11) is 2.09. The Morgan fingerprint density at radius 1 is 1.14 bits per heavy atom. The Labute approximate surface area is 203 Å². The largest absolute Gasteiger partial charge is 0.489 e. The van der Waals surface area contributed by atoms with Gasteiger partial charge in [-0.05, 0) is 34.9 Å². The lowest BCUT2D eigenvalue weighted by Gasteiger charge is -2.28. The van der Waals surface area contributed by atoms with E-state index in [9.17, 15) is 4.79 Å². The van der Waals surface area contributed by atoms with Crippen LogP contribution in [0.4, 0.5) is 0 Å². The highest BCUT2D eigenvalue weighted by atomic mass is 16.5. The highest BCUT2D eigenvalue weighted by molar-refractivity contribution is 5.87. The average molecular weight is 469 g/mol. The summed E-state index contributed by atoms with van der Waals surface area (Å²) in [4.78, 5) is 18.2. The van der Waals surface area contributed by atoms with Gasteiger partial charge < -0.3 is 9.30 Å². The number of azide groups is 1. The molecule has 1 aliphatic heterocycles. The molecular formula is C27H28N6O2. The molecule has 2 aromatic heterocycles. The molecule has 8 nitrogen and oxygen atoms in total. The Morgan fingerprint density at radius 2 is 1.97 bits per heavy atom. The maximum atomic E-state index is 12.9. The van der Waals surface area contributed by atoms with Crippen LogP contribution in [0, 0.1) is 0 Å². The van der Waals surface area contributed by atoms with Crippen molar-refractivity contribution in [2.45, 2.75) is 32.5 Å². The third-order valence-electron chi connectivity index (χ3n) is 6.66. The second-order valence-electron chi connectivity index (χ2n) is 9.07. The minimum Gasteiger partial charge on any atom is -0.489 e. The zero-order valence-corrected chi connectivity index (χ0v) is 20.0. The number of pyridine rings is 1. The minimum atomic E-state index is -0.132. The van der Waals surface area contributed by atoms with Gasteiger partial charge in [0, 0.05) is 67.4 Å². The highest BCUT2D eigenvalue weighted by Gasteiger charge is 2.23. The first kappa shape index (κ1) is 22.8. The van der Waals surface area contributed by atoms with Gasteiger partial charge in [-0.3, -0.25) is 14.3 Å². The van der Waals surface area contributed by atoms with E-state index >= 15 is 0 Å². The third kappa shape index (κ3) is 4.67. The standard InChI is InChI=1S/C27H28N6O2/c1-19(29-30-28)16-32-12-11-25-24(17-32)23-9-8-21(14-26(23)31(25)2)33-13-10-22(15-27(33)34)35-18-20-6-4-3-5-7-20/h3-10,13-15,19H,11-12,16-18H2,1-2H3. The summed E-state index contributed by atoms with van der Waals surface area (Å²) in [5, 5.41) is 5.02. The fourth-order valence-corrected chi connectivity index (χ4v) is 4.93. The van der Waals surface area contributed by atoms with Crippen molar-refractivity contribution in [3.8, 4) is 11.4 Å². The summed E-state index contributed by atoms with van der Waals surface area (Å²) in [6.07, 6.45) is 2.71. The van der Waals surface area contributed by atoms with Crippen LogP contribution in [0.5, 0.6) is 5.75 Å². The van der Waals surface area contributed by atoms with Crippen molar-refractivity contribution in [3.05, 3.63) is 104 Å². The van der Waals surface area contributed by atoms with Gasteiger partial charge in [0.25, 0.3) is 5.56 Å². The Hall–Kier alpha value is -4.00. The van der Waals surface area contributed by atoms with Gasteiger partial charge in [0.2, 0.25) is 0 Å². The van der Waals surface area contributed by atoms with E-state index in [1.165, 1.54) is 22.7 Å². The molecule has 4 aromatic rings. The SMILES string of the molecule is CC(CN1CCc2c(c3ccc(-n4ccc(OCc5ccccc5)cc4=O)cc3n2C)C1)N=[N+]=[N-]. The first-order chi connectivity index (χ1) is 17.0. The molecule has 8 heteroatoms. The average Bonchev–Trinajstić information content (AvgIpc) is 3.14. The molecule has 1 aliphatic rings. The Morgan fingerprint density at radius 3 is 2.74 bits per heavy atom. The number of fused-ring (bicyclic) bond motifs is 3. The zero-order chi connectivity index (χ0) is 24.4. The van der Waals surface area contributed by atoms with Crippen LogP contribution < -0.4 is 10.3 Å². The molecule has 0 spiro atoms. The van der Waals surface area contributed by atoms with E-state index in [-0.39, 0.29) is 11.6 Å². The van der Waals surface area contributed by atoms with Crippen molar-refractivity contribution in [2.24, 2.45) is 12.2 Å². The normalized spacial score (nSPS) is 14.3. The summed E-state index contributed by atoms with van der Waals surface area (Å²) in [5.41, 5.74) is 14.2. The fourth-order valence-electron chi connectivity index (χ4n) is 4.93. The number of rotatable bonds is 7. The predicted molar refractivity (Wildman–Crippen MR) is 137 cm³/mol.